The van der Waals surface area contributed by atoms with E-state index in [1.54, 1.807) is 14.2 Å². The minimum absolute atomic E-state index is 0.0399. The summed E-state index contributed by atoms with van der Waals surface area (Å²) in [5.74, 6) is 0.962. The van der Waals surface area contributed by atoms with Crippen molar-refractivity contribution < 1.29 is 18.9 Å². The normalized spacial score (nSPS) is 17.3. The largest absolute Gasteiger partial charge is 0.496 e. The second kappa shape index (κ2) is 7.33. The van der Waals surface area contributed by atoms with E-state index < -0.39 is 5.79 Å². The standard InChI is InChI=1S/C20H25O4P/c1-13(20(2)23-9-10-24-20)14-11-16(21-3)19(17(12-14)22-4)15-7-5-6-8-18(15)25/h5-8,11-13H,9-10,25H2,1-4H3. The van der Waals surface area contributed by atoms with Crippen molar-refractivity contribution in [2.45, 2.75) is 25.6 Å². The van der Waals surface area contributed by atoms with E-state index >= 15 is 0 Å². The van der Waals surface area contributed by atoms with E-state index in [1.165, 1.54) is 0 Å². The van der Waals surface area contributed by atoms with Crippen LogP contribution >= 0.6 is 9.24 Å². The predicted octanol–water partition coefficient (Wildman–Crippen LogP) is 3.74. The van der Waals surface area contributed by atoms with Crippen molar-refractivity contribution in [3.63, 3.8) is 0 Å². The lowest BCUT2D eigenvalue weighted by Gasteiger charge is -2.30. The maximum absolute atomic E-state index is 5.83. The Labute approximate surface area is 151 Å². The van der Waals surface area contributed by atoms with Gasteiger partial charge in [-0.25, -0.2) is 0 Å². The fraction of sp³-hybridized carbons (Fsp3) is 0.400. The molecule has 2 unspecified atom stereocenters. The molecule has 1 fully saturated rings. The van der Waals surface area contributed by atoms with Crippen LogP contribution in [0.3, 0.4) is 0 Å². The van der Waals surface area contributed by atoms with E-state index in [-0.39, 0.29) is 5.92 Å². The Morgan fingerprint density at radius 2 is 1.60 bits per heavy atom. The zero-order valence-corrected chi connectivity index (χ0v) is 16.3. The maximum Gasteiger partial charge on any atom is 0.172 e. The molecule has 0 aliphatic carbocycles. The van der Waals surface area contributed by atoms with Crippen molar-refractivity contribution in [2.24, 2.45) is 0 Å². The Balaban J connectivity index is 2.12. The summed E-state index contributed by atoms with van der Waals surface area (Å²) in [6, 6.07) is 12.2. The Kier molecular flexibility index (Phi) is 5.33. The lowest BCUT2D eigenvalue weighted by atomic mass is 9.90. The summed E-state index contributed by atoms with van der Waals surface area (Å²) in [4.78, 5) is 0. The third-order valence-corrected chi connectivity index (χ3v) is 5.41. The molecule has 0 aromatic heterocycles. The second-order valence-electron chi connectivity index (χ2n) is 6.32. The highest BCUT2D eigenvalue weighted by Gasteiger charge is 2.38. The molecular weight excluding hydrogens is 335 g/mol. The molecule has 0 spiro atoms. The lowest BCUT2D eigenvalue weighted by molar-refractivity contribution is -0.156. The topological polar surface area (TPSA) is 36.9 Å². The number of rotatable bonds is 5. The van der Waals surface area contributed by atoms with E-state index in [9.17, 15) is 0 Å². The molecule has 5 heteroatoms. The van der Waals surface area contributed by atoms with Gasteiger partial charge in [0.2, 0.25) is 0 Å². The lowest BCUT2D eigenvalue weighted by Crippen LogP contribution is -2.32. The van der Waals surface area contributed by atoms with Gasteiger partial charge in [0, 0.05) is 5.92 Å². The van der Waals surface area contributed by atoms with Gasteiger partial charge in [-0.3, -0.25) is 0 Å². The zero-order chi connectivity index (χ0) is 18.0. The van der Waals surface area contributed by atoms with Crippen LogP contribution in [0.5, 0.6) is 11.5 Å². The molecule has 2 atom stereocenters. The van der Waals surface area contributed by atoms with Crippen molar-refractivity contribution in [3.05, 3.63) is 42.0 Å². The van der Waals surface area contributed by atoms with Crippen LogP contribution in [0.15, 0.2) is 36.4 Å². The highest BCUT2D eigenvalue weighted by atomic mass is 31.0. The highest BCUT2D eigenvalue weighted by Crippen LogP contribution is 2.44. The average molecular weight is 360 g/mol. The molecule has 0 N–H and O–H groups in total. The molecule has 1 aliphatic rings. The summed E-state index contributed by atoms with van der Waals surface area (Å²) >= 11 is 0. The first-order valence-corrected chi connectivity index (χ1v) is 8.96. The summed E-state index contributed by atoms with van der Waals surface area (Å²) in [5, 5.41) is 1.09. The molecule has 0 saturated carbocycles. The second-order valence-corrected chi connectivity index (χ2v) is 6.94. The SMILES string of the molecule is COc1cc(C(C)C2(C)OCCO2)cc(OC)c1-c1ccccc1P. The Morgan fingerprint density at radius 3 is 2.12 bits per heavy atom. The molecule has 0 bridgehead atoms. The van der Waals surface area contributed by atoms with Gasteiger partial charge in [-0.15, -0.1) is 9.24 Å². The molecule has 1 heterocycles. The Hall–Kier alpha value is -1.61. The van der Waals surface area contributed by atoms with E-state index in [0.29, 0.717) is 13.2 Å². The summed E-state index contributed by atoms with van der Waals surface area (Å²) < 4.78 is 23.1. The number of hydrogen-bond donors (Lipinski definition) is 0. The summed E-state index contributed by atoms with van der Waals surface area (Å²) in [6.45, 7) is 5.32. The van der Waals surface area contributed by atoms with Gasteiger partial charge in [0.05, 0.1) is 33.0 Å². The predicted molar refractivity (Wildman–Crippen MR) is 103 cm³/mol. The smallest absolute Gasteiger partial charge is 0.172 e. The summed E-state index contributed by atoms with van der Waals surface area (Å²) in [5.41, 5.74) is 3.08. The molecule has 3 rings (SSSR count). The van der Waals surface area contributed by atoms with E-state index in [4.69, 9.17) is 18.9 Å². The van der Waals surface area contributed by atoms with Crippen LogP contribution in [0.25, 0.3) is 11.1 Å². The van der Waals surface area contributed by atoms with Gasteiger partial charge in [-0.1, -0.05) is 31.2 Å². The minimum atomic E-state index is -0.629. The van der Waals surface area contributed by atoms with Crippen LogP contribution < -0.4 is 14.8 Å². The third kappa shape index (κ3) is 3.39. The molecule has 1 saturated heterocycles. The highest BCUT2D eigenvalue weighted by molar-refractivity contribution is 7.28. The number of hydrogen-bond acceptors (Lipinski definition) is 4. The Bertz CT molecular complexity index is 728. The molecule has 2 aromatic carbocycles. The van der Waals surface area contributed by atoms with Crippen LogP contribution in [0.4, 0.5) is 0 Å². The molecule has 4 nitrogen and oxygen atoms in total. The first kappa shape index (κ1) is 18.2. The van der Waals surface area contributed by atoms with Gasteiger partial charge in [0.25, 0.3) is 0 Å². The quantitative estimate of drug-likeness (QED) is 0.762. The van der Waals surface area contributed by atoms with Crippen molar-refractivity contribution in [2.75, 3.05) is 27.4 Å². The van der Waals surface area contributed by atoms with Crippen LogP contribution in [-0.4, -0.2) is 33.2 Å². The van der Waals surface area contributed by atoms with E-state index in [1.807, 2.05) is 19.1 Å². The number of methoxy groups -OCH3 is 2. The van der Waals surface area contributed by atoms with Gasteiger partial charge in [0.1, 0.15) is 11.5 Å². The van der Waals surface area contributed by atoms with Crippen molar-refractivity contribution in [3.8, 4) is 22.6 Å². The first-order valence-electron chi connectivity index (χ1n) is 8.39. The van der Waals surface area contributed by atoms with Crippen LogP contribution in [-0.2, 0) is 9.47 Å². The van der Waals surface area contributed by atoms with Crippen molar-refractivity contribution >= 4 is 14.5 Å². The molecule has 25 heavy (non-hydrogen) atoms. The molecule has 1 aliphatic heterocycles. The number of benzene rings is 2. The summed E-state index contributed by atoms with van der Waals surface area (Å²) in [7, 11) is 6.13. The Morgan fingerprint density at radius 1 is 1.04 bits per heavy atom. The molecule has 0 radical (unpaired) electrons. The number of ether oxygens (including phenoxy) is 4. The van der Waals surface area contributed by atoms with Crippen molar-refractivity contribution in [1.82, 2.24) is 0 Å². The van der Waals surface area contributed by atoms with Gasteiger partial charge < -0.3 is 18.9 Å². The summed E-state index contributed by atoms with van der Waals surface area (Å²) in [6.07, 6.45) is 0. The van der Waals surface area contributed by atoms with Gasteiger partial charge in [-0.05, 0) is 35.5 Å². The van der Waals surface area contributed by atoms with Crippen LogP contribution in [0.2, 0.25) is 0 Å². The van der Waals surface area contributed by atoms with Crippen molar-refractivity contribution in [1.29, 1.82) is 0 Å². The average Bonchev–Trinajstić information content (AvgIpc) is 3.08. The van der Waals surface area contributed by atoms with Gasteiger partial charge in [0.15, 0.2) is 5.79 Å². The van der Waals surface area contributed by atoms with E-state index in [0.717, 1.165) is 33.5 Å². The zero-order valence-electron chi connectivity index (χ0n) is 15.2. The minimum Gasteiger partial charge on any atom is -0.496 e. The monoisotopic (exact) mass is 360 g/mol. The first-order chi connectivity index (χ1) is 12.0. The van der Waals surface area contributed by atoms with Crippen LogP contribution in [0, 0.1) is 0 Å². The van der Waals surface area contributed by atoms with Crippen LogP contribution in [0.1, 0.15) is 25.3 Å². The van der Waals surface area contributed by atoms with Gasteiger partial charge >= 0.3 is 0 Å². The molecular formula is C20H25O4P. The molecule has 0 amide bonds. The fourth-order valence-electron chi connectivity index (χ4n) is 3.26. The molecule has 2 aromatic rings. The third-order valence-electron chi connectivity index (χ3n) is 4.91. The van der Waals surface area contributed by atoms with Gasteiger partial charge in [-0.2, -0.15) is 0 Å². The fourth-order valence-corrected chi connectivity index (χ4v) is 3.61. The van der Waals surface area contributed by atoms with E-state index in [2.05, 4.69) is 40.4 Å². The maximum atomic E-state index is 5.83. The molecule has 134 valence electrons.